The van der Waals surface area contributed by atoms with Crippen molar-refractivity contribution in [1.29, 1.82) is 0 Å². The van der Waals surface area contributed by atoms with Crippen molar-refractivity contribution in [3.8, 4) is 17.2 Å². The van der Waals surface area contributed by atoms with Crippen LogP contribution in [0, 0.1) is 5.92 Å². The summed E-state index contributed by atoms with van der Waals surface area (Å²) in [5, 5.41) is 2.94. The SMILES string of the molecule is COc1ccc(OC)c(-n2c(N)c(C(=O)NCC(C)C)c3nc4ccccc4nc32)c1. The van der Waals surface area contributed by atoms with E-state index in [1.165, 1.54) is 0 Å². The first-order chi connectivity index (χ1) is 14.9. The van der Waals surface area contributed by atoms with Gasteiger partial charge in [0.1, 0.15) is 28.4 Å². The fourth-order valence-electron chi connectivity index (χ4n) is 3.49. The van der Waals surface area contributed by atoms with Crippen molar-refractivity contribution in [3.63, 3.8) is 0 Å². The van der Waals surface area contributed by atoms with E-state index in [1.807, 2.05) is 38.1 Å². The number of methoxy groups -OCH3 is 2. The van der Waals surface area contributed by atoms with Gasteiger partial charge >= 0.3 is 0 Å². The smallest absolute Gasteiger partial charge is 0.257 e. The van der Waals surface area contributed by atoms with E-state index in [2.05, 4.69) is 5.32 Å². The summed E-state index contributed by atoms with van der Waals surface area (Å²) < 4.78 is 12.6. The summed E-state index contributed by atoms with van der Waals surface area (Å²) in [5.41, 5.74) is 9.74. The van der Waals surface area contributed by atoms with Crippen LogP contribution in [0.2, 0.25) is 0 Å². The molecule has 0 saturated carbocycles. The molecule has 160 valence electrons. The third kappa shape index (κ3) is 3.61. The van der Waals surface area contributed by atoms with Crippen LogP contribution in [0.15, 0.2) is 42.5 Å². The maximum atomic E-state index is 13.1. The summed E-state index contributed by atoms with van der Waals surface area (Å²) >= 11 is 0. The monoisotopic (exact) mass is 419 g/mol. The molecule has 0 aliphatic carbocycles. The highest BCUT2D eigenvalue weighted by molar-refractivity contribution is 6.11. The van der Waals surface area contributed by atoms with Crippen molar-refractivity contribution in [1.82, 2.24) is 19.9 Å². The van der Waals surface area contributed by atoms with Crippen molar-refractivity contribution in [2.75, 3.05) is 26.5 Å². The number of carbonyl (C=O) groups excluding carboxylic acids is 1. The molecule has 0 aliphatic rings. The molecule has 3 N–H and O–H groups in total. The van der Waals surface area contributed by atoms with Gasteiger partial charge in [0.25, 0.3) is 5.91 Å². The first-order valence-electron chi connectivity index (χ1n) is 10.0. The lowest BCUT2D eigenvalue weighted by Crippen LogP contribution is -2.28. The van der Waals surface area contributed by atoms with Crippen LogP contribution in [-0.4, -0.2) is 41.2 Å². The Morgan fingerprint density at radius 1 is 1.10 bits per heavy atom. The van der Waals surface area contributed by atoms with E-state index in [4.69, 9.17) is 25.2 Å². The molecule has 0 unspecified atom stereocenters. The molecular formula is C23H25N5O3. The molecular weight excluding hydrogens is 394 g/mol. The van der Waals surface area contributed by atoms with E-state index in [1.54, 1.807) is 37.0 Å². The molecule has 0 radical (unpaired) electrons. The number of hydrogen-bond donors (Lipinski definition) is 2. The number of nitrogens with one attached hydrogen (secondary N) is 1. The Balaban J connectivity index is 2.05. The minimum atomic E-state index is -0.290. The van der Waals surface area contributed by atoms with Crippen molar-refractivity contribution in [2.45, 2.75) is 13.8 Å². The first kappa shape index (κ1) is 20.5. The van der Waals surface area contributed by atoms with Gasteiger partial charge in [-0.05, 0) is 30.2 Å². The second kappa shape index (κ2) is 8.14. The van der Waals surface area contributed by atoms with Gasteiger partial charge in [-0.1, -0.05) is 26.0 Å². The summed E-state index contributed by atoms with van der Waals surface area (Å²) in [6.07, 6.45) is 0. The summed E-state index contributed by atoms with van der Waals surface area (Å²) in [7, 11) is 3.16. The molecule has 31 heavy (non-hydrogen) atoms. The predicted octanol–water partition coefficient (Wildman–Crippen LogP) is 3.56. The summed E-state index contributed by atoms with van der Waals surface area (Å²) in [6, 6.07) is 12.9. The highest BCUT2D eigenvalue weighted by atomic mass is 16.5. The van der Waals surface area contributed by atoms with Crippen LogP contribution < -0.4 is 20.5 Å². The second-order valence-electron chi connectivity index (χ2n) is 7.62. The van der Waals surface area contributed by atoms with Gasteiger partial charge in [-0.3, -0.25) is 9.36 Å². The standard InChI is InChI=1S/C23H25N5O3/c1-13(2)12-25-23(29)19-20-22(27-16-8-6-5-7-15(16)26-20)28(21(19)24)17-11-14(30-3)9-10-18(17)31-4/h5-11,13H,12,24H2,1-4H3,(H,25,29). The highest BCUT2D eigenvalue weighted by Crippen LogP contribution is 2.36. The fraction of sp³-hybridized carbons (Fsp3) is 0.261. The van der Waals surface area contributed by atoms with Gasteiger partial charge in [0.05, 0.1) is 30.9 Å². The van der Waals surface area contributed by atoms with Crippen LogP contribution in [0.1, 0.15) is 24.2 Å². The van der Waals surface area contributed by atoms with E-state index < -0.39 is 0 Å². The average Bonchev–Trinajstić information content (AvgIpc) is 3.05. The Bertz CT molecular complexity index is 1280. The molecule has 2 aromatic carbocycles. The molecule has 8 nitrogen and oxygen atoms in total. The van der Waals surface area contributed by atoms with Crippen LogP contribution >= 0.6 is 0 Å². The van der Waals surface area contributed by atoms with Crippen LogP contribution in [0.25, 0.3) is 27.9 Å². The Kier molecular flexibility index (Phi) is 5.37. The first-order valence-corrected chi connectivity index (χ1v) is 10.0. The number of rotatable bonds is 6. The molecule has 0 fully saturated rings. The Hall–Kier alpha value is -3.81. The summed E-state index contributed by atoms with van der Waals surface area (Å²) in [6.45, 7) is 4.58. The lowest BCUT2D eigenvalue weighted by Gasteiger charge is -2.14. The normalized spacial score (nSPS) is 11.3. The number of fused-ring (bicyclic) bond motifs is 2. The number of benzene rings is 2. The van der Waals surface area contributed by atoms with Gasteiger partial charge in [0.15, 0.2) is 5.65 Å². The third-order valence-electron chi connectivity index (χ3n) is 5.02. The topological polar surface area (TPSA) is 104 Å². The number of para-hydroxylation sites is 2. The molecule has 1 amide bonds. The highest BCUT2D eigenvalue weighted by Gasteiger charge is 2.26. The molecule has 0 atom stereocenters. The number of amides is 1. The van der Waals surface area contributed by atoms with Gasteiger partial charge in [-0.15, -0.1) is 0 Å². The van der Waals surface area contributed by atoms with Gasteiger partial charge in [0.2, 0.25) is 0 Å². The zero-order valence-electron chi connectivity index (χ0n) is 18.0. The number of nitrogen functional groups attached to an aromatic ring is 1. The van der Waals surface area contributed by atoms with Gasteiger partial charge in [0, 0.05) is 12.6 Å². The van der Waals surface area contributed by atoms with E-state index in [-0.39, 0.29) is 11.7 Å². The number of nitrogens with zero attached hydrogens (tertiary/aromatic N) is 3. The van der Waals surface area contributed by atoms with Crippen molar-refractivity contribution in [3.05, 3.63) is 48.0 Å². The lowest BCUT2D eigenvalue weighted by atomic mass is 10.2. The second-order valence-corrected chi connectivity index (χ2v) is 7.62. The number of aromatic nitrogens is 3. The van der Waals surface area contributed by atoms with Crippen molar-refractivity contribution < 1.29 is 14.3 Å². The molecule has 0 spiro atoms. The molecule has 0 bridgehead atoms. The summed E-state index contributed by atoms with van der Waals surface area (Å²) in [4.78, 5) is 22.6. The maximum Gasteiger partial charge on any atom is 0.257 e. The molecule has 8 heteroatoms. The van der Waals surface area contributed by atoms with Crippen LogP contribution in [0.5, 0.6) is 11.5 Å². The van der Waals surface area contributed by atoms with Crippen molar-refractivity contribution in [2.24, 2.45) is 5.92 Å². The number of ether oxygens (including phenoxy) is 2. The number of hydrogen-bond acceptors (Lipinski definition) is 6. The number of anilines is 1. The summed E-state index contributed by atoms with van der Waals surface area (Å²) in [5.74, 6) is 1.42. The van der Waals surface area contributed by atoms with Crippen LogP contribution in [-0.2, 0) is 0 Å². The zero-order chi connectivity index (χ0) is 22.1. The van der Waals surface area contributed by atoms with Gasteiger partial charge < -0.3 is 20.5 Å². The number of carbonyl (C=O) groups is 1. The van der Waals surface area contributed by atoms with Crippen molar-refractivity contribution >= 4 is 33.9 Å². The molecule has 0 aliphatic heterocycles. The zero-order valence-corrected chi connectivity index (χ0v) is 18.0. The third-order valence-corrected chi connectivity index (χ3v) is 5.02. The maximum absolute atomic E-state index is 13.1. The minimum absolute atomic E-state index is 0.234. The molecule has 4 aromatic rings. The quantitative estimate of drug-likeness (QED) is 0.495. The van der Waals surface area contributed by atoms with Crippen LogP contribution in [0.4, 0.5) is 5.82 Å². The molecule has 0 saturated heterocycles. The largest absolute Gasteiger partial charge is 0.497 e. The molecule has 4 rings (SSSR count). The van der Waals surface area contributed by atoms with E-state index in [0.717, 1.165) is 0 Å². The van der Waals surface area contributed by atoms with Gasteiger partial charge in [-0.2, -0.15) is 0 Å². The number of nitrogens with two attached hydrogens (primary N) is 1. The van der Waals surface area contributed by atoms with E-state index in [0.29, 0.717) is 57.4 Å². The Labute approximate surface area is 180 Å². The van der Waals surface area contributed by atoms with E-state index >= 15 is 0 Å². The molecule has 2 heterocycles. The average molecular weight is 419 g/mol. The fourth-order valence-corrected chi connectivity index (χ4v) is 3.49. The van der Waals surface area contributed by atoms with E-state index in [9.17, 15) is 4.79 Å². The van der Waals surface area contributed by atoms with Gasteiger partial charge in [-0.25, -0.2) is 9.97 Å². The predicted molar refractivity (Wildman–Crippen MR) is 121 cm³/mol. The Morgan fingerprint density at radius 2 is 1.81 bits per heavy atom. The van der Waals surface area contributed by atoms with Crippen LogP contribution in [0.3, 0.4) is 0 Å². The minimum Gasteiger partial charge on any atom is -0.497 e. The molecule has 2 aromatic heterocycles. The lowest BCUT2D eigenvalue weighted by molar-refractivity contribution is 0.0951. The Morgan fingerprint density at radius 3 is 2.45 bits per heavy atom.